The summed E-state index contributed by atoms with van der Waals surface area (Å²) in [6, 6.07) is 0. The average Bonchev–Trinajstić information content (AvgIpc) is 2.72. The summed E-state index contributed by atoms with van der Waals surface area (Å²) in [4.78, 5) is 0. The zero-order valence-corrected chi connectivity index (χ0v) is 25.3. The fraction of sp³-hybridized carbons (Fsp3) is 0.923. The van der Waals surface area contributed by atoms with E-state index in [0.717, 1.165) is 19.6 Å². The minimum absolute atomic E-state index is 0.0765. The summed E-state index contributed by atoms with van der Waals surface area (Å²) in [7, 11) is -1.20. The Labute approximate surface area is 194 Å². The second-order valence-electron chi connectivity index (χ2n) is 10.8. The molecule has 2 nitrogen and oxygen atoms in total. The number of ether oxygens (including phenoxy) is 2. The molecule has 0 amide bonds. The molecule has 178 valence electrons. The van der Waals surface area contributed by atoms with E-state index in [4.69, 9.17) is 9.47 Å². The number of hydrogen-bond donors (Lipinski definition) is 0. The Balaban J connectivity index is 2.82. The molecule has 30 heavy (non-hydrogen) atoms. The Kier molecular flexibility index (Phi) is 15.6. The van der Waals surface area contributed by atoms with Crippen molar-refractivity contribution in [3.05, 3.63) is 9.29 Å². The van der Waals surface area contributed by atoms with Crippen molar-refractivity contribution in [1.82, 2.24) is 0 Å². The summed E-state index contributed by atoms with van der Waals surface area (Å²) < 4.78 is 18.6. The Morgan fingerprint density at radius 2 is 1.50 bits per heavy atom. The Hall–Kier alpha value is 0.676. The van der Waals surface area contributed by atoms with Gasteiger partial charge in [-0.3, -0.25) is 0 Å². The maximum atomic E-state index is 6.03. The quantitative estimate of drug-likeness (QED) is 0.134. The molecule has 0 radical (unpaired) electrons. The summed E-state index contributed by atoms with van der Waals surface area (Å²) >= 11 is -2.29. The first-order chi connectivity index (χ1) is 14.4. The predicted octanol–water partition coefficient (Wildman–Crippen LogP) is 8.89. The molecule has 4 heteroatoms. The topological polar surface area (TPSA) is 18.5 Å². The predicted molar refractivity (Wildman–Crippen MR) is 140 cm³/mol. The molecule has 1 heterocycles. The molecule has 1 unspecified atom stereocenters. The zero-order valence-electron chi connectivity index (χ0n) is 21.5. The third kappa shape index (κ3) is 12.1. The third-order valence-corrected chi connectivity index (χ3v) is 24.9. The van der Waals surface area contributed by atoms with E-state index in [-0.39, 0.29) is 6.29 Å². The summed E-state index contributed by atoms with van der Waals surface area (Å²) in [5.41, 5.74) is 2.88. The van der Waals surface area contributed by atoms with Gasteiger partial charge in [0.2, 0.25) is 0 Å². The van der Waals surface area contributed by atoms with Crippen molar-refractivity contribution in [3.63, 3.8) is 0 Å². The van der Waals surface area contributed by atoms with E-state index in [1.165, 1.54) is 70.6 Å². The van der Waals surface area contributed by atoms with E-state index in [9.17, 15) is 0 Å². The maximum absolute atomic E-state index is 6.03. The zero-order chi connectivity index (χ0) is 22.3. The van der Waals surface area contributed by atoms with E-state index in [2.05, 4.69) is 46.1 Å². The van der Waals surface area contributed by atoms with Crippen LogP contribution in [0.15, 0.2) is 9.29 Å². The van der Waals surface area contributed by atoms with Gasteiger partial charge in [-0.1, -0.05) is 0 Å². The fourth-order valence-corrected chi connectivity index (χ4v) is 28.4. The third-order valence-electron chi connectivity index (χ3n) is 6.60. The molecule has 0 saturated carbocycles. The molecular formula is C26H54O2SiSn. The average molecular weight is 546 g/mol. The summed E-state index contributed by atoms with van der Waals surface area (Å²) in [6.45, 7) is 16.6. The molecule has 0 aromatic heterocycles. The SMILES string of the molecule is CCC[CH2][Sn]([CH2]CCC)([CH2]CCC)/[C](=C\[Si](C)(C)C)CCCCOC1CCCCO1. The van der Waals surface area contributed by atoms with Gasteiger partial charge in [-0.2, -0.15) is 0 Å². The van der Waals surface area contributed by atoms with Crippen molar-refractivity contribution in [3.8, 4) is 0 Å². The van der Waals surface area contributed by atoms with E-state index in [1.807, 2.05) is 3.59 Å². The number of rotatable bonds is 17. The van der Waals surface area contributed by atoms with Crippen LogP contribution in [0.3, 0.4) is 0 Å². The Morgan fingerprint density at radius 3 is 1.97 bits per heavy atom. The van der Waals surface area contributed by atoms with Crippen LogP contribution in [0.25, 0.3) is 0 Å². The number of hydrogen-bond acceptors (Lipinski definition) is 2. The van der Waals surface area contributed by atoms with Gasteiger partial charge in [-0.25, -0.2) is 0 Å². The van der Waals surface area contributed by atoms with Gasteiger partial charge in [0, 0.05) is 0 Å². The van der Waals surface area contributed by atoms with E-state index >= 15 is 0 Å². The van der Waals surface area contributed by atoms with Gasteiger partial charge in [0.05, 0.1) is 0 Å². The second kappa shape index (κ2) is 16.3. The first-order valence-corrected chi connectivity index (χ1v) is 24.4. The van der Waals surface area contributed by atoms with Crippen LogP contribution in [0.5, 0.6) is 0 Å². The molecule has 0 N–H and O–H groups in total. The van der Waals surface area contributed by atoms with Gasteiger partial charge in [0.1, 0.15) is 0 Å². The van der Waals surface area contributed by atoms with Crippen LogP contribution in [0.1, 0.15) is 97.8 Å². The fourth-order valence-electron chi connectivity index (χ4n) is 4.89. The minimum atomic E-state index is -2.29. The molecule has 1 aliphatic rings. The van der Waals surface area contributed by atoms with Gasteiger partial charge < -0.3 is 0 Å². The molecule has 1 saturated heterocycles. The van der Waals surface area contributed by atoms with Crippen LogP contribution in [0, 0.1) is 0 Å². The van der Waals surface area contributed by atoms with E-state index in [0.29, 0.717) is 0 Å². The number of unbranched alkanes of at least 4 members (excludes halogenated alkanes) is 4. The standard InChI is InChI=1S/C14H27O2Si.3C4H9.Sn/c1-17(2,3)13-9-5-4-7-11-15-14-10-6-8-12-16-14;3*1-3-4-2;/h13-14H,4-8,10-12H2,1-3H3;3*1,3-4H2,2H3;. The van der Waals surface area contributed by atoms with Crippen molar-refractivity contribution in [2.75, 3.05) is 13.2 Å². The second-order valence-corrected chi connectivity index (χ2v) is 29.2. The van der Waals surface area contributed by atoms with Gasteiger partial charge in [-0.15, -0.1) is 0 Å². The summed E-state index contributed by atoms with van der Waals surface area (Å²) in [6.07, 6.45) is 16.0. The Bertz CT molecular complexity index is 431. The van der Waals surface area contributed by atoms with Crippen molar-refractivity contribution < 1.29 is 9.47 Å². The molecule has 0 spiro atoms. The molecule has 0 aromatic rings. The molecule has 1 atom stereocenters. The van der Waals surface area contributed by atoms with Crippen LogP contribution in [0.4, 0.5) is 0 Å². The Morgan fingerprint density at radius 1 is 0.900 bits per heavy atom. The van der Waals surface area contributed by atoms with E-state index < -0.39 is 26.5 Å². The van der Waals surface area contributed by atoms with Crippen LogP contribution in [-0.2, 0) is 9.47 Å². The molecule has 0 aliphatic carbocycles. The molecular weight excluding hydrogens is 491 g/mol. The van der Waals surface area contributed by atoms with Crippen molar-refractivity contribution in [2.45, 2.75) is 137 Å². The summed E-state index contributed by atoms with van der Waals surface area (Å²) in [5, 5.41) is 0. The van der Waals surface area contributed by atoms with Gasteiger partial charge in [0.15, 0.2) is 0 Å². The van der Waals surface area contributed by atoms with Crippen LogP contribution in [0.2, 0.25) is 33.0 Å². The van der Waals surface area contributed by atoms with Crippen molar-refractivity contribution in [2.24, 2.45) is 0 Å². The molecule has 0 bridgehead atoms. The normalized spacial score (nSPS) is 18.7. The van der Waals surface area contributed by atoms with Gasteiger partial charge in [-0.05, 0) is 0 Å². The molecule has 1 aliphatic heterocycles. The van der Waals surface area contributed by atoms with Crippen molar-refractivity contribution >= 4 is 26.5 Å². The van der Waals surface area contributed by atoms with Crippen LogP contribution >= 0.6 is 0 Å². The van der Waals surface area contributed by atoms with Crippen LogP contribution < -0.4 is 0 Å². The monoisotopic (exact) mass is 546 g/mol. The molecule has 0 aromatic carbocycles. The first-order valence-electron chi connectivity index (χ1n) is 13.3. The van der Waals surface area contributed by atoms with Crippen LogP contribution in [-0.4, -0.2) is 46.0 Å². The van der Waals surface area contributed by atoms with Gasteiger partial charge >= 0.3 is 195 Å². The number of allylic oxidation sites excluding steroid dienone is 1. The van der Waals surface area contributed by atoms with Gasteiger partial charge in [0.25, 0.3) is 0 Å². The summed E-state index contributed by atoms with van der Waals surface area (Å²) in [5.74, 6) is 0. The van der Waals surface area contributed by atoms with E-state index in [1.54, 1.807) is 13.3 Å². The first kappa shape index (κ1) is 28.7. The molecule has 1 fully saturated rings. The van der Waals surface area contributed by atoms with Crippen molar-refractivity contribution in [1.29, 1.82) is 0 Å². The molecule has 1 rings (SSSR count).